The first-order valence-corrected chi connectivity index (χ1v) is 7.34. The van der Waals surface area contributed by atoms with Crippen LogP contribution in [0.3, 0.4) is 0 Å². The van der Waals surface area contributed by atoms with Crippen molar-refractivity contribution in [3.8, 4) is 16.2 Å². The Hall–Kier alpha value is -2.32. The molecule has 0 N–H and O–H groups in total. The number of hydrogen-bond donors (Lipinski definition) is 0. The van der Waals surface area contributed by atoms with Crippen molar-refractivity contribution in [3.05, 3.63) is 46.6 Å². The summed E-state index contributed by atoms with van der Waals surface area (Å²) in [7, 11) is 1.36. The molecule has 0 spiro atoms. The number of esters is 1. The van der Waals surface area contributed by atoms with Crippen molar-refractivity contribution >= 4 is 23.0 Å². The van der Waals surface area contributed by atoms with E-state index in [0.717, 1.165) is 16.9 Å². The average Bonchev–Trinajstić information content (AvgIpc) is 3.01. The molecule has 2 rings (SSSR count). The summed E-state index contributed by atoms with van der Waals surface area (Å²) in [6.07, 6.45) is 0.895. The van der Waals surface area contributed by atoms with Crippen LogP contribution in [0, 0.1) is 6.57 Å². The van der Waals surface area contributed by atoms with Crippen LogP contribution in [0.25, 0.3) is 15.3 Å². The highest BCUT2D eigenvalue weighted by Crippen LogP contribution is 2.36. The van der Waals surface area contributed by atoms with E-state index >= 15 is 0 Å². The fraction of sp³-hybridized carbons (Fsp3) is 0.250. The van der Waals surface area contributed by atoms with Crippen LogP contribution in [0.5, 0.6) is 5.75 Å². The topological polar surface area (TPSA) is 39.9 Å². The summed E-state index contributed by atoms with van der Waals surface area (Å²) in [5, 5.41) is 0. The Morgan fingerprint density at radius 1 is 1.33 bits per heavy atom. The van der Waals surface area contributed by atoms with E-state index in [4.69, 9.17) is 16.0 Å². The molecular weight excluding hydrogens is 286 g/mol. The van der Waals surface area contributed by atoms with Gasteiger partial charge in [0.15, 0.2) is 0 Å². The highest BCUT2D eigenvalue weighted by atomic mass is 32.1. The standard InChI is InChI=1S/C16H15NO3S/c1-4-9-20-13-6-5-11(10-12(13)17-2)14-7-8-15(21-14)16(18)19-3/h5-8,10H,4,9H2,1,3H3. The summed E-state index contributed by atoms with van der Waals surface area (Å²) in [6, 6.07) is 9.06. The molecule has 0 bridgehead atoms. The van der Waals surface area contributed by atoms with E-state index in [0.29, 0.717) is 22.9 Å². The number of hydrogen-bond acceptors (Lipinski definition) is 4. The van der Waals surface area contributed by atoms with E-state index in [-0.39, 0.29) is 5.97 Å². The number of benzene rings is 1. The number of carbonyl (C=O) groups is 1. The minimum atomic E-state index is -0.348. The van der Waals surface area contributed by atoms with Gasteiger partial charge in [-0.25, -0.2) is 9.64 Å². The zero-order valence-corrected chi connectivity index (χ0v) is 12.7. The third kappa shape index (κ3) is 3.41. The molecule has 0 saturated carbocycles. The summed E-state index contributed by atoms with van der Waals surface area (Å²) < 4.78 is 10.2. The molecule has 4 nitrogen and oxygen atoms in total. The number of thiophene rings is 1. The van der Waals surface area contributed by atoms with Crippen molar-refractivity contribution in [3.63, 3.8) is 0 Å². The average molecular weight is 301 g/mol. The Balaban J connectivity index is 2.30. The summed E-state index contributed by atoms with van der Waals surface area (Å²) >= 11 is 1.34. The summed E-state index contributed by atoms with van der Waals surface area (Å²) in [4.78, 5) is 16.4. The lowest BCUT2D eigenvalue weighted by Gasteiger charge is -2.08. The fourth-order valence-electron chi connectivity index (χ4n) is 1.80. The van der Waals surface area contributed by atoms with Gasteiger partial charge in [-0.3, -0.25) is 0 Å². The van der Waals surface area contributed by atoms with Gasteiger partial charge >= 0.3 is 5.97 Å². The Morgan fingerprint density at radius 3 is 2.81 bits per heavy atom. The molecule has 0 atom stereocenters. The quantitative estimate of drug-likeness (QED) is 0.601. The molecule has 21 heavy (non-hydrogen) atoms. The Morgan fingerprint density at radius 2 is 2.14 bits per heavy atom. The summed E-state index contributed by atoms with van der Waals surface area (Å²) in [5.41, 5.74) is 1.37. The Bertz CT molecular complexity index is 685. The van der Waals surface area contributed by atoms with Gasteiger partial charge in [0.05, 0.1) is 20.3 Å². The maximum atomic E-state index is 11.5. The zero-order valence-electron chi connectivity index (χ0n) is 11.9. The number of ether oxygens (including phenoxy) is 2. The van der Waals surface area contributed by atoms with Crippen molar-refractivity contribution in [2.24, 2.45) is 0 Å². The molecule has 1 aromatic carbocycles. The van der Waals surface area contributed by atoms with Gasteiger partial charge in [-0.1, -0.05) is 13.0 Å². The third-order valence-corrected chi connectivity index (χ3v) is 3.93. The van der Waals surface area contributed by atoms with Crippen molar-refractivity contribution in [2.75, 3.05) is 13.7 Å². The molecule has 1 aromatic heterocycles. The van der Waals surface area contributed by atoms with Crippen molar-refractivity contribution in [1.29, 1.82) is 0 Å². The number of rotatable bonds is 5. The van der Waals surface area contributed by atoms with Gasteiger partial charge in [0.2, 0.25) is 5.69 Å². The fourth-order valence-corrected chi connectivity index (χ4v) is 2.72. The van der Waals surface area contributed by atoms with Crippen molar-refractivity contribution in [1.82, 2.24) is 0 Å². The number of methoxy groups -OCH3 is 1. The lowest BCUT2D eigenvalue weighted by atomic mass is 10.1. The van der Waals surface area contributed by atoms with E-state index in [9.17, 15) is 4.79 Å². The van der Waals surface area contributed by atoms with Gasteiger partial charge in [-0.2, -0.15) is 0 Å². The first kappa shape index (κ1) is 15.1. The minimum Gasteiger partial charge on any atom is -0.505 e. The van der Waals surface area contributed by atoms with Crippen LogP contribution < -0.4 is 4.74 Å². The molecule has 0 unspecified atom stereocenters. The molecule has 0 saturated heterocycles. The second kappa shape index (κ2) is 6.91. The maximum Gasteiger partial charge on any atom is 0.348 e. The van der Waals surface area contributed by atoms with E-state index in [1.807, 2.05) is 19.1 Å². The van der Waals surface area contributed by atoms with Gasteiger partial charge in [-0.15, -0.1) is 11.3 Å². The Labute approximate surface area is 127 Å². The SMILES string of the molecule is [C-]#[N+]c1cc(-c2ccc(C(=O)OC)s2)ccc1OCCC. The highest BCUT2D eigenvalue weighted by Gasteiger charge is 2.12. The van der Waals surface area contributed by atoms with E-state index < -0.39 is 0 Å². The predicted octanol–water partition coefficient (Wildman–Crippen LogP) is 4.54. The summed E-state index contributed by atoms with van der Waals surface area (Å²) in [6.45, 7) is 9.87. The monoisotopic (exact) mass is 301 g/mol. The second-order valence-electron chi connectivity index (χ2n) is 4.30. The Kier molecular flexibility index (Phi) is 4.96. The third-order valence-electron chi connectivity index (χ3n) is 2.82. The molecule has 0 radical (unpaired) electrons. The van der Waals surface area contributed by atoms with Crippen LogP contribution in [0.2, 0.25) is 0 Å². The normalized spacial score (nSPS) is 9.95. The molecule has 1 heterocycles. The van der Waals surface area contributed by atoms with Crippen LogP contribution in [0.1, 0.15) is 23.0 Å². The van der Waals surface area contributed by atoms with Crippen LogP contribution in [-0.2, 0) is 4.74 Å². The van der Waals surface area contributed by atoms with Crippen LogP contribution >= 0.6 is 11.3 Å². The molecule has 0 aliphatic rings. The molecule has 0 aliphatic carbocycles. The molecule has 2 aromatic rings. The molecular formula is C16H15NO3S. The van der Waals surface area contributed by atoms with Gasteiger partial charge in [0.25, 0.3) is 0 Å². The largest absolute Gasteiger partial charge is 0.505 e. The van der Waals surface area contributed by atoms with E-state index in [1.165, 1.54) is 18.4 Å². The van der Waals surface area contributed by atoms with E-state index in [1.54, 1.807) is 18.2 Å². The lowest BCUT2D eigenvalue weighted by Crippen LogP contribution is -1.96. The minimum absolute atomic E-state index is 0.348. The first-order chi connectivity index (χ1) is 10.2. The molecule has 0 amide bonds. The maximum absolute atomic E-state index is 11.5. The van der Waals surface area contributed by atoms with Crippen LogP contribution in [-0.4, -0.2) is 19.7 Å². The number of carbonyl (C=O) groups excluding carboxylic acids is 1. The van der Waals surface area contributed by atoms with Gasteiger partial charge < -0.3 is 9.47 Å². The first-order valence-electron chi connectivity index (χ1n) is 6.52. The van der Waals surface area contributed by atoms with Crippen LogP contribution in [0.15, 0.2) is 30.3 Å². The van der Waals surface area contributed by atoms with Gasteiger partial charge in [0, 0.05) is 4.88 Å². The van der Waals surface area contributed by atoms with Crippen LogP contribution in [0.4, 0.5) is 5.69 Å². The molecule has 0 aliphatic heterocycles. The molecule has 5 heteroatoms. The van der Waals surface area contributed by atoms with Crippen molar-refractivity contribution < 1.29 is 14.3 Å². The molecule has 108 valence electrons. The van der Waals surface area contributed by atoms with Gasteiger partial charge in [0.1, 0.15) is 10.6 Å². The van der Waals surface area contributed by atoms with Crippen molar-refractivity contribution in [2.45, 2.75) is 13.3 Å². The molecule has 0 fully saturated rings. The second-order valence-corrected chi connectivity index (χ2v) is 5.38. The lowest BCUT2D eigenvalue weighted by molar-refractivity contribution is 0.0606. The smallest absolute Gasteiger partial charge is 0.348 e. The van der Waals surface area contributed by atoms with E-state index in [2.05, 4.69) is 4.85 Å². The predicted molar refractivity (Wildman–Crippen MR) is 83.1 cm³/mol. The number of nitrogens with zero attached hydrogens (tertiary/aromatic N) is 1. The highest BCUT2D eigenvalue weighted by molar-refractivity contribution is 7.17. The summed E-state index contributed by atoms with van der Waals surface area (Å²) in [5.74, 6) is 0.250. The zero-order chi connectivity index (χ0) is 15.2. The van der Waals surface area contributed by atoms with Gasteiger partial charge in [-0.05, 0) is 36.2 Å².